The molecule has 0 amide bonds. The predicted molar refractivity (Wildman–Crippen MR) is 144 cm³/mol. The molecular formula is C32H50O5. The summed E-state index contributed by atoms with van der Waals surface area (Å²) in [5, 5.41) is 21.9. The first-order chi connectivity index (χ1) is 17.1. The molecule has 0 aliphatic heterocycles. The van der Waals surface area contributed by atoms with E-state index in [0.29, 0.717) is 30.1 Å². The maximum Gasteiger partial charge on any atom is 0.310 e. The van der Waals surface area contributed by atoms with Gasteiger partial charge in [-0.05, 0) is 103 Å². The van der Waals surface area contributed by atoms with E-state index >= 15 is 0 Å². The molecule has 5 rings (SSSR count). The van der Waals surface area contributed by atoms with Gasteiger partial charge >= 0.3 is 11.9 Å². The van der Waals surface area contributed by atoms with E-state index in [9.17, 15) is 19.8 Å². The van der Waals surface area contributed by atoms with Gasteiger partial charge in [-0.3, -0.25) is 9.59 Å². The van der Waals surface area contributed by atoms with Gasteiger partial charge in [0.25, 0.3) is 0 Å². The largest absolute Gasteiger partial charge is 0.481 e. The summed E-state index contributed by atoms with van der Waals surface area (Å²) in [5.41, 5.74) is 0.375. The third kappa shape index (κ3) is 3.37. The van der Waals surface area contributed by atoms with Gasteiger partial charge < -0.3 is 14.9 Å². The number of rotatable bonds is 2. The summed E-state index contributed by atoms with van der Waals surface area (Å²) in [7, 11) is 0. The average Bonchev–Trinajstić information content (AvgIpc) is 2.79. The van der Waals surface area contributed by atoms with Crippen molar-refractivity contribution in [1.82, 2.24) is 0 Å². The van der Waals surface area contributed by atoms with Gasteiger partial charge in [-0.15, -0.1) is 0 Å². The molecule has 208 valence electrons. The standard InChI is InChI=1S/C32H50O5/c1-18-11-14-32(27(35)36)16-15-30(7)21(25(32)19(18)2)9-10-24-29(6)17-22(37-20(3)33)26(34)28(4,5)23(29)12-13-31(24,30)8/h9,18-19,22-26,34H,10-17H2,1-8H3,(H,35,36)/t18-,19+,22-,23?,24?,25+,26-,29+,30-,31-,32+/m1/s1. The SMILES string of the molecule is CC(=O)O[C@@H]1C[C@@]2(C)C(CC[C@]3(C)C2CC=C2[C@@H]4[C@@H](C)[C@H](C)CC[C@]4(C(=O)O)CC[C@]23C)C(C)(C)[C@@H]1O. The maximum atomic E-state index is 12.9. The molecule has 5 aliphatic rings. The fourth-order valence-electron chi connectivity index (χ4n) is 11.3. The molecule has 5 nitrogen and oxygen atoms in total. The van der Waals surface area contributed by atoms with Crippen LogP contribution in [0.3, 0.4) is 0 Å². The number of hydrogen-bond acceptors (Lipinski definition) is 4. The topological polar surface area (TPSA) is 83.8 Å². The first kappa shape index (κ1) is 27.2. The maximum absolute atomic E-state index is 12.9. The minimum absolute atomic E-state index is 0.0343. The number of carboxylic acids is 1. The number of fused-ring (bicyclic) bond motifs is 7. The lowest BCUT2D eigenvalue weighted by Crippen LogP contribution is -2.67. The van der Waals surface area contributed by atoms with Gasteiger partial charge in [0.2, 0.25) is 0 Å². The van der Waals surface area contributed by atoms with Crippen molar-refractivity contribution in [2.75, 3.05) is 0 Å². The second-order valence-electron chi connectivity index (χ2n) is 15.2. The molecule has 0 aromatic carbocycles. The van der Waals surface area contributed by atoms with Gasteiger partial charge in [-0.2, -0.15) is 0 Å². The molecule has 0 bridgehead atoms. The van der Waals surface area contributed by atoms with Crippen LogP contribution in [0.2, 0.25) is 0 Å². The van der Waals surface area contributed by atoms with E-state index in [-0.39, 0.29) is 33.5 Å². The third-order valence-electron chi connectivity index (χ3n) is 13.7. The van der Waals surface area contributed by atoms with Crippen molar-refractivity contribution in [2.24, 2.45) is 56.7 Å². The summed E-state index contributed by atoms with van der Waals surface area (Å²) in [6, 6.07) is 0. The second kappa shape index (κ2) is 8.32. The number of carbonyl (C=O) groups excluding carboxylic acids is 1. The monoisotopic (exact) mass is 514 g/mol. The lowest BCUT2D eigenvalue weighted by Gasteiger charge is -2.71. The summed E-state index contributed by atoms with van der Waals surface area (Å²) < 4.78 is 5.76. The minimum atomic E-state index is -0.667. The van der Waals surface area contributed by atoms with Gasteiger partial charge in [-0.25, -0.2) is 0 Å². The van der Waals surface area contributed by atoms with Crippen LogP contribution in [-0.2, 0) is 14.3 Å². The van der Waals surface area contributed by atoms with Crippen molar-refractivity contribution in [2.45, 2.75) is 119 Å². The molecule has 0 heterocycles. The number of hydrogen-bond donors (Lipinski definition) is 2. The Labute approximate surface area is 223 Å². The fraction of sp³-hybridized carbons (Fsp3) is 0.875. The number of allylic oxidation sites excluding steroid dienone is 2. The Bertz CT molecular complexity index is 1010. The summed E-state index contributed by atoms with van der Waals surface area (Å²) in [6.07, 6.45) is 8.59. The van der Waals surface area contributed by atoms with Crippen LogP contribution in [0.25, 0.3) is 0 Å². The van der Waals surface area contributed by atoms with Gasteiger partial charge in [0.1, 0.15) is 6.10 Å². The Morgan fingerprint density at radius 3 is 2.27 bits per heavy atom. The molecule has 5 aliphatic carbocycles. The number of carbonyl (C=O) groups is 2. The molecule has 2 N–H and O–H groups in total. The summed E-state index contributed by atoms with van der Waals surface area (Å²) in [5.74, 6) is 0.823. The normalized spacial score (nSPS) is 52.5. The zero-order valence-corrected chi connectivity index (χ0v) is 24.4. The number of aliphatic carboxylic acids is 1. The molecule has 4 fully saturated rings. The lowest BCUT2D eigenvalue weighted by atomic mass is 9.33. The number of aliphatic hydroxyl groups excluding tert-OH is 1. The number of aliphatic hydroxyl groups is 1. The summed E-state index contributed by atoms with van der Waals surface area (Å²) >= 11 is 0. The van der Waals surface area contributed by atoms with Crippen molar-refractivity contribution in [3.63, 3.8) is 0 Å². The number of esters is 1. The Hall–Kier alpha value is -1.36. The van der Waals surface area contributed by atoms with Crippen molar-refractivity contribution in [1.29, 1.82) is 0 Å². The van der Waals surface area contributed by atoms with E-state index in [1.54, 1.807) is 0 Å². The minimum Gasteiger partial charge on any atom is -0.481 e. The van der Waals surface area contributed by atoms with E-state index in [0.717, 1.165) is 44.9 Å². The zero-order valence-electron chi connectivity index (χ0n) is 24.4. The van der Waals surface area contributed by atoms with Crippen LogP contribution in [0, 0.1) is 56.7 Å². The van der Waals surface area contributed by atoms with Crippen molar-refractivity contribution < 1.29 is 24.5 Å². The quantitative estimate of drug-likeness (QED) is 0.319. The fourth-order valence-corrected chi connectivity index (χ4v) is 11.3. The van der Waals surface area contributed by atoms with E-state index in [1.807, 2.05) is 0 Å². The van der Waals surface area contributed by atoms with Gasteiger partial charge in [-0.1, -0.05) is 60.1 Å². The van der Waals surface area contributed by atoms with Crippen molar-refractivity contribution in [3.05, 3.63) is 11.6 Å². The molecule has 0 saturated heterocycles. The van der Waals surface area contributed by atoms with Crippen LogP contribution in [0.1, 0.15) is 107 Å². The highest BCUT2D eigenvalue weighted by Gasteiger charge is 2.70. The van der Waals surface area contributed by atoms with E-state index in [4.69, 9.17) is 4.74 Å². The molecule has 0 radical (unpaired) electrons. The van der Waals surface area contributed by atoms with Crippen LogP contribution >= 0.6 is 0 Å². The molecule has 0 aromatic rings. The van der Waals surface area contributed by atoms with Crippen molar-refractivity contribution in [3.8, 4) is 0 Å². The Kier molecular flexibility index (Phi) is 6.12. The third-order valence-corrected chi connectivity index (χ3v) is 13.7. The lowest BCUT2D eigenvalue weighted by molar-refractivity contribution is -0.238. The second-order valence-corrected chi connectivity index (χ2v) is 15.2. The summed E-state index contributed by atoms with van der Waals surface area (Å²) in [6.45, 7) is 17.7. The molecule has 0 aromatic heterocycles. The highest BCUT2D eigenvalue weighted by Crippen LogP contribution is 2.75. The molecule has 11 atom stereocenters. The van der Waals surface area contributed by atoms with Crippen LogP contribution in [0.5, 0.6) is 0 Å². The van der Waals surface area contributed by atoms with Crippen LogP contribution in [-0.4, -0.2) is 34.4 Å². The van der Waals surface area contributed by atoms with Gasteiger partial charge in [0.15, 0.2) is 0 Å². The average molecular weight is 515 g/mol. The highest BCUT2D eigenvalue weighted by atomic mass is 16.6. The molecule has 0 spiro atoms. The number of carboxylic acid groups (broad SMARTS) is 1. The molecule has 37 heavy (non-hydrogen) atoms. The highest BCUT2D eigenvalue weighted by molar-refractivity contribution is 5.76. The Morgan fingerprint density at radius 1 is 0.973 bits per heavy atom. The first-order valence-electron chi connectivity index (χ1n) is 14.9. The van der Waals surface area contributed by atoms with Crippen LogP contribution in [0.4, 0.5) is 0 Å². The molecular weight excluding hydrogens is 464 g/mol. The van der Waals surface area contributed by atoms with E-state index in [2.05, 4.69) is 54.5 Å². The van der Waals surface area contributed by atoms with Crippen molar-refractivity contribution >= 4 is 11.9 Å². The van der Waals surface area contributed by atoms with Gasteiger partial charge in [0, 0.05) is 6.92 Å². The van der Waals surface area contributed by atoms with E-state index < -0.39 is 23.6 Å². The molecule has 4 saturated carbocycles. The van der Waals surface area contributed by atoms with Crippen LogP contribution in [0.15, 0.2) is 11.6 Å². The predicted octanol–water partition coefficient (Wildman–Crippen LogP) is 6.63. The van der Waals surface area contributed by atoms with E-state index in [1.165, 1.54) is 12.5 Å². The molecule has 5 heteroatoms. The molecule has 2 unspecified atom stereocenters. The first-order valence-corrected chi connectivity index (χ1v) is 14.9. The summed E-state index contributed by atoms with van der Waals surface area (Å²) in [4.78, 5) is 24.9. The number of ether oxygens (including phenoxy) is 1. The Balaban J connectivity index is 1.61. The Morgan fingerprint density at radius 2 is 1.65 bits per heavy atom. The zero-order chi connectivity index (χ0) is 27.3. The van der Waals surface area contributed by atoms with Gasteiger partial charge in [0.05, 0.1) is 11.5 Å². The smallest absolute Gasteiger partial charge is 0.310 e. The van der Waals surface area contributed by atoms with Crippen LogP contribution < -0.4 is 0 Å².